The van der Waals surface area contributed by atoms with Gasteiger partial charge in [-0.25, -0.2) is 0 Å². The topological polar surface area (TPSA) is 0 Å². The zero-order valence-corrected chi connectivity index (χ0v) is 18.4. The molecule has 4 fully saturated rings. The van der Waals surface area contributed by atoms with E-state index in [1.807, 2.05) is 0 Å². The van der Waals surface area contributed by atoms with Crippen LogP contribution in [0.1, 0.15) is 66.2 Å². The third-order valence-corrected chi connectivity index (χ3v) is 5.35. The van der Waals surface area contributed by atoms with Crippen molar-refractivity contribution < 1.29 is 0 Å². The van der Waals surface area contributed by atoms with Crippen LogP contribution in [0.3, 0.4) is 0 Å². The van der Waals surface area contributed by atoms with Crippen molar-refractivity contribution in [2.24, 2.45) is 21.7 Å². The second-order valence-corrected chi connectivity index (χ2v) is 8.29. The second kappa shape index (κ2) is 2.94. The summed E-state index contributed by atoms with van der Waals surface area (Å²) in [5, 5.41) is 0. The van der Waals surface area contributed by atoms with Crippen LogP contribution in [-0.4, -0.2) is 0 Å². The van der Waals surface area contributed by atoms with Crippen LogP contribution >= 0.6 is 0 Å². The third kappa shape index (κ3) is 1.59. The maximum absolute atomic E-state index is 3.35. The molecule has 0 aliphatic heterocycles. The van der Waals surface area contributed by atoms with Gasteiger partial charge in [0, 0.05) is 0 Å². The molecule has 0 aromatic carbocycles. The minimum atomic E-state index is 0. The van der Waals surface area contributed by atoms with Crippen molar-refractivity contribution in [3.8, 4) is 0 Å². The maximum atomic E-state index is 3.35. The van der Waals surface area contributed by atoms with Crippen LogP contribution in [0.25, 0.3) is 0 Å². The third-order valence-electron chi connectivity index (χ3n) is 5.35. The Labute approximate surface area is 101 Å². The molecule has 0 N–H and O–H groups in total. The van der Waals surface area contributed by atoms with Gasteiger partial charge in [0.15, 0.2) is 0 Å². The van der Waals surface area contributed by atoms with Gasteiger partial charge in [0.1, 0.15) is 0 Å². The molecule has 4 bridgehead atoms. The molecule has 0 radical (unpaired) electrons. The van der Waals surface area contributed by atoms with E-state index in [-0.39, 0.29) is 0 Å². The first kappa shape index (κ1) is 12.2. The average Bonchev–Trinajstić information content (AvgIpc) is 1.91. The van der Waals surface area contributed by atoms with Gasteiger partial charge in [-0.1, -0.05) is 20.8 Å². The fourth-order valence-corrected chi connectivity index (χ4v) is 6.85. The maximum Gasteiger partial charge on any atom is 0 e. The molecule has 92 valence electrons. The first-order valence-corrected chi connectivity index (χ1v) is 6.82. The zero-order chi connectivity index (χ0) is 11.7. The van der Waals surface area contributed by atoms with Crippen LogP contribution < -0.4 is 0 Å². The molecule has 4 saturated carbocycles. The van der Waals surface area contributed by atoms with Crippen LogP contribution in [0, 0.1) is 27.7 Å². The average molecular weight is 484 g/mol. The predicted octanol–water partition coefficient (Wildman–Crippen LogP) is 4.75. The van der Waals surface area contributed by atoms with Crippen molar-refractivity contribution in [2.75, 3.05) is 0 Å². The van der Waals surface area contributed by atoms with E-state index in [2.05, 4.69) is 39.8 Å². The standard InChI is InChI=1S/C16H25.Rf/c1-5-6-16-10-13(2)7-14(3,11-16)9-15(4,8-13)12-16;/h6H,7-12H2,1-4H3;/q-1;. The van der Waals surface area contributed by atoms with E-state index in [0.717, 1.165) is 0 Å². The molecule has 0 aromatic heterocycles. The molecule has 4 rings (SSSR count). The molecule has 1 heteroatoms. The van der Waals surface area contributed by atoms with E-state index < -0.39 is 0 Å². The molecule has 0 aromatic rings. The van der Waals surface area contributed by atoms with Crippen molar-refractivity contribution in [3.63, 3.8) is 0 Å². The van der Waals surface area contributed by atoms with E-state index in [9.17, 15) is 0 Å². The SMILES string of the molecule is C[C-]=CC12CC3(C)CC(C)(CC(C)(C3)C1)C2.[Rf]. The number of hydrogen-bond donors (Lipinski definition) is 0. The first-order chi connectivity index (χ1) is 7.30. The number of rotatable bonds is 1. The van der Waals surface area contributed by atoms with Crippen molar-refractivity contribution in [3.05, 3.63) is 12.2 Å². The number of allylic oxidation sites excluding steroid dienone is 2. The summed E-state index contributed by atoms with van der Waals surface area (Å²) in [5.74, 6) is 0. The van der Waals surface area contributed by atoms with Gasteiger partial charge in [0.2, 0.25) is 0 Å². The first-order valence-electron chi connectivity index (χ1n) is 6.82. The van der Waals surface area contributed by atoms with Gasteiger partial charge in [-0.2, -0.15) is 6.92 Å². The van der Waals surface area contributed by atoms with Crippen LogP contribution in [0.2, 0.25) is 0 Å². The summed E-state index contributed by atoms with van der Waals surface area (Å²) >= 11 is 0. The van der Waals surface area contributed by atoms with Gasteiger partial charge in [-0.3, -0.25) is 6.08 Å². The Bertz CT molecular complexity index is 301. The Morgan fingerprint density at radius 3 is 1.41 bits per heavy atom. The molecule has 0 nitrogen and oxygen atoms in total. The van der Waals surface area contributed by atoms with Gasteiger partial charge in [-0.15, -0.1) is 0 Å². The molecule has 4 aliphatic rings. The fraction of sp³-hybridized carbons (Fsp3) is 0.875. The monoisotopic (exact) mass is 484 g/mol. The zero-order valence-electron chi connectivity index (χ0n) is 12.0. The molecule has 0 amide bonds. The van der Waals surface area contributed by atoms with Crippen molar-refractivity contribution in [2.45, 2.75) is 66.2 Å². The largest absolute Gasteiger partial charge is 0.503 e. The van der Waals surface area contributed by atoms with Crippen molar-refractivity contribution in [1.29, 1.82) is 0 Å². The Balaban J connectivity index is 0.00000108. The molecule has 0 saturated heterocycles. The van der Waals surface area contributed by atoms with E-state index in [1.54, 1.807) is 0 Å². The Morgan fingerprint density at radius 1 is 0.765 bits per heavy atom. The molecule has 0 unspecified atom stereocenters. The van der Waals surface area contributed by atoms with Gasteiger partial charge in [-0.05, 0) is 60.2 Å². The fourth-order valence-electron chi connectivity index (χ4n) is 6.85. The normalized spacial score (nSPS) is 56.2. The van der Waals surface area contributed by atoms with Crippen LogP contribution in [0.4, 0.5) is 0 Å². The summed E-state index contributed by atoms with van der Waals surface area (Å²) < 4.78 is 0. The number of hydrogen-bond acceptors (Lipinski definition) is 0. The van der Waals surface area contributed by atoms with Gasteiger partial charge >= 0.3 is 0 Å². The minimum Gasteiger partial charge on any atom is -0.503 e. The van der Waals surface area contributed by atoms with E-state index in [4.69, 9.17) is 0 Å². The van der Waals surface area contributed by atoms with E-state index in [1.165, 1.54) is 38.5 Å². The quantitative estimate of drug-likeness (QED) is 0.472. The van der Waals surface area contributed by atoms with Gasteiger partial charge in [0.25, 0.3) is 0 Å². The summed E-state index contributed by atoms with van der Waals surface area (Å²) in [6.07, 6.45) is 14.5. The van der Waals surface area contributed by atoms with Gasteiger partial charge < -0.3 is 6.08 Å². The Morgan fingerprint density at radius 2 is 1.12 bits per heavy atom. The van der Waals surface area contributed by atoms with Crippen LogP contribution in [0.15, 0.2) is 6.08 Å². The van der Waals surface area contributed by atoms with E-state index in [0.29, 0.717) is 21.7 Å². The van der Waals surface area contributed by atoms with Crippen LogP contribution in [-0.2, 0) is 0 Å². The summed E-state index contributed by atoms with van der Waals surface area (Å²) in [4.78, 5) is 0. The summed E-state index contributed by atoms with van der Waals surface area (Å²) in [6, 6.07) is 0. The molecule has 0 heterocycles. The van der Waals surface area contributed by atoms with Gasteiger partial charge in [0.05, 0.1) is 0 Å². The molecule has 0 spiro atoms. The van der Waals surface area contributed by atoms with E-state index >= 15 is 0 Å². The van der Waals surface area contributed by atoms with Crippen LogP contribution in [0.5, 0.6) is 0 Å². The van der Waals surface area contributed by atoms with Crippen molar-refractivity contribution >= 4 is 0 Å². The Hall–Kier alpha value is -1.26. The minimum absolute atomic E-state index is 0. The smallest absolute Gasteiger partial charge is 0 e. The van der Waals surface area contributed by atoms with Crippen molar-refractivity contribution in [1.82, 2.24) is 0 Å². The second-order valence-electron chi connectivity index (χ2n) is 8.29. The summed E-state index contributed by atoms with van der Waals surface area (Å²) in [7, 11) is 0. The Kier molecular flexibility index (Phi) is 2.11. The molecule has 0 atom stereocenters. The molecule has 17 heavy (non-hydrogen) atoms. The molecular formula is C16H25Rf-. The summed E-state index contributed by atoms with van der Waals surface area (Å²) in [5.41, 5.74) is 2.35. The molecule has 4 aliphatic carbocycles. The molecular weight excluding hydrogens is 459 g/mol. The summed E-state index contributed by atoms with van der Waals surface area (Å²) in [6.45, 7) is 9.70. The predicted molar refractivity (Wildman–Crippen MR) is 67.9 cm³/mol.